The Balaban J connectivity index is 2.34. The molecule has 1 saturated heterocycles. The molecule has 0 radical (unpaired) electrons. The Morgan fingerprint density at radius 2 is 2.00 bits per heavy atom. The minimum absolute atomic E-state index is 0.252. The van der Waals surface area contributed by atoms with Crippen LogP contribution in [-0.2, 0) is 9.59 Å². The highest BCUT2D eigenvalue weighted by atomic mass is 16.4. The number of hydrogen-bond donors (Lipinski definition) is 1. The smallest absolute Gasteiger partial charge is 0.331 e. The molecule has 1 fully saturated rings. The van der Waals surface area contributed by atoms with Crippen LogP contribution in [0.25, 0.3) is 0 Å². The van der Waals surface area contributed by atoms with Crippen molar-refractivity contribution in [3.63, 3.8) is 0 Å². The number of hydrogen-bond acceptors (Lipinski definition) is 2. The molecule has 0 saturated carbocycles. The summed E-state index contributed by atoms with van der Waals surface area (Å²) in [6.07, 6.45) is 1.41. The SMILES string of the molecule is C=C1CCCN(C(C(=O)O)c2ccccc2)C1=O. The van der Waals surface area contributed by atoms with Crippen molar-refractivity contribution >= 4 is 11.9 Å². The molecule has 4 heteroatoms. The molecule has 1 heterocycles. The second-order valence-corrected chi connectivity index (χ2v) is 4.36. The number of carbonyl (C=O) groups excluding carboxylic acids is 1. The van der Waals surface area contributed by atoms with Crippen molar-refractivity contribution < 1.29 is 14.7 Å². The zero-order valence-corrected chi connectivity index (χ0v) is 10.0. The van der Waals surface area contributed by atoms with Crippen LogP contribution in [0.5, 0.6) is 0 Å². The predicted octanol–water partition coefficient (Wildman–Crippen LogP) is 1.99. The van der Waals surface area contributed by atoms with E-state index >= 15 is 0 Å². The van der Waals surface area contributed by atoms with Crippen molar-refractivity contribution in [2.45, 2.75) is 18.9 Å². The lowest BCUT2D eigenvalue weighted by molar-refractivity contribution is -0.150. The molecule has 1 N–H and O–H groups in total. The minimum atomic E-state index is -1.01. The Morgan fingerprint density at radius 3 is 2.61 bits per heavy atom. The molecule has 0 spiro atoms. The minimum Gasteiger partial charge on any atom is -0.479 e. The van der Waals surface area contributed by atoms with E-state index in [9.17, 15) is 14.7 Å². The molecule has 1 unspecified atom stereocenters. The predicted molar refractivity (Wildman–Crippen MR) is 66.9 cm³/mol. The standard InChI is InChI=1S/C14H15NO3/c1-10-6-5-9-15(13(10)16)12(14(17)18)11-7-3-2-4-8-11/h2-4,7-8,12H,1,5-6,9H2,(H,17,18). The van der Waals surface area contributed by atoms with Gasteiger partial charge in [-0.2, -0.15) is 0 Å². The summed E-state index contributed by atoms with van der Waals surface area (Å²) in [6.45, 7) is 4.16. The Bertz CT molecular complexity index is 481. The summed E-state index contributed by atoms with van der Waals surface area (Å²) in [6, 6.07) is 7.89. The van der Waals surface area contributed by atoms with Crippen LogP contribution in [0.4, 0.5) is 0 Å². The third kappa shape index (κ3) is 2.27. The molecule has 2 rings (SSSR count). The molecule has 18 heavy (non-hydrogen) atoms. The summed E-state index contributed by atoms with van der Waals surface area (Å²) in [4.78, 5) is 24.8. The van der Waals surface area contributed by atoms with E-state index in [-0.39, 0.29) is 5.91 Å². The lowest BCUT2D eigenvalue weighted by Gasteiger charge is -2.33. The maximum atomic E-state index is 12.0. The first-order chi connectivity index (χ1) is 8.61. The summed E-state index contributed by atoms with van der Waals surface area (Å²) in [5, 5.41) is 9.36. The normalized spacial score (nSPS) is 17.7. The number of nitrogens with zero attached hydrogens (tertiary/aromatic N) is 1. The number of piperidine rings is 1. The van der Waals surface area contributed by atoms with Crippen molar-refractivity contribution in [2.75, 3.05) is 6.54 Å². The fourth-order valence-corrected chi connectivity index (χ4v) is 2.21. The Kier molecular flexibility index (Phi) is 3.46. The van der Waals surface area contributed by atoms with E-state index < -0.39 is 12.0 Å². The van der Waals surface area contributed by atoms with Gasteiger partial charge in [-0.3, -0.25) is 4.79 Å². The lowest BCUT2D eigenvalue weighted by atomic mass is 9.99. The molecule has 1 atom stereocenters. The lowest BCUT2D eigenvalue weighted by Crippen LogP contribution is -2.42. The van der Waals surface area contributed by atoms with Crippen LogP contribution >= 0.6 is 0 Å². The fourth-order valence-electron chi connectivity index (χ4n) is 2.21. The van der Waals surface area contributed by atoms with Crippen LogP contribution < -0.4 is 0 Å². The van der Waals surface area contributed by atoms with E-state index in [2.05, 4.69) is 6.58 Å². The van der Waals surface area contributed by atoms with Gasteiger partial charge in [-0.15, -0.1) is 0 Å². The molecule has 0 aliphatic carbocycles. The third-order valence-corrected chi connectivity index (χ3v) is 3.10. The number of amides is 1. The molecule has 1 aliphatic heterocycles. The summed E-state index contributed by atoms with van der Waals surface area (Å²) in [7, 11) is 0. The van der Waals surface area contributed by atoms with Gasteiger partial charge in [0.25, 0.3) is 0 Å². The van der Waals surface area contributed by atoms with Crippen molar-refractivity contribution in [3.05, 3.63) is 48.0 Å². The van der Waals surface area contributed by atoms with E-state index in [1.165, 1.54) is 4.90 Å². The summed E-state index contributed by atoms with van der Waals surface area (Å²) >= 11 is 0. The molecular formula is C14H15NO3. The highest BCUT2D eigenvalue weighted by Gasteiger charge is 2.33. The largest absolute Gasteiger partial charge is 0.479 e. The van der Waals surface area contributed by atoms with E-state index in [0.717, 1.165) is 6.42 Å². The second kappa shape index (κ2) is 5.04. The van der Waals surface area contributed by atoms with Crippen LogP contribution in [0.2, 0.25) is 0 Å². The Hall–Kier alpha value is -2.10. The number of likely N-dealkylation sites (tertiary alicyclic amines) is 1. The maximum Gasteiger partial charge on any atom is 0.331 e. The van der Waals surface area contributed by atoms with Crippen molar-refractivity contribution in [3.8, 4) is 0 Å². The van der Waals surface area contributed by atoms with E-state index in [1.54, 1.807) is 24.3 Å². The number of carboxylic acids is 1. The molecule has 94 valence electrons. The average Bonchev–Trinajstić information content (AvgIpc) is 2.36. The van der Waals surface area contributed by atoms with E-state index in [1.807, 2.05) is 6.07 Å². The van der Waals surface area contributed by atoms with E-state index in [0.29, 0.717) is 24.1 Å². The number of aliphatic carboxylic acids is 1. The molecular weight excluding hydrogens is 230 g/mol. The third-order valence-electron chi connectivity index (χ3n) is 3.10. The quantitative estimate of drug-likeness (QED) is 0.828. The van der Waals surface area contributed by atoms with Gasteiger partial charge in [0.1, 0.15) is 0 Å². The summed E-state index contributed by atoms with van der Waals surface area (Å²) in [5.74, 6) is -1.26. The number of rotatable bonds is 3. The number of carbonyl (C=O) groups is 2. The summed E-state index contributed by atoms with van der Waals surface area (Å²) < 4.78 is 0. The van der Waals surface area contributed by atoms with Gasteiger partial charge >= 0.3 is 5.97 Å². The fraction of sp³-hybridized carbons (Fsp3) is 0.286. The topological polar surface area (TPSA) is 57.6 Å². The van der Waals surface area contributed by atoms with Gasteiger partial charge in [0.15, 0.2) is 6.04 Å². The zero-order chi connectivity index (χ0) is 13.1. The molecule has 0 aromatic heterocycles. The zero-order valence-electron chi connectivity index (χ0n) is 10.0. The molecule has 1 aliphatic rings. The van der Waals surface area contributed by atoms with Crippen LogP contribution in [0.1, 0.15) is 24.4 Å². The molecule has 0 bridgehead atoms. The van der Waals surface area contributed by atoms with Gasteiger partial charge in [0, 0.05) is 12.1 Å². The highest BCUT2D eigenvalue weighted by molar-refractivity contribution is 5.96. The first-order valence-corrected chi connectivity index (χ1v) is 5.88. The first kappa shape index (κ1) is 12.4. The van der Waals surface area contributed by atoms with Crippen molar-refractivity contribution in [1.82, 2.24) is 4.90 Å². The van der Waals surface area contributed by atoms with Gasteiger partial charge in [-0.1, -0.05) is 36.9 Å². The van der Waals surface area contributed by atoms with Gasteiger partial charge in [0.2, 0.25) is 5.91 Å². The molecule has 1 amide bonds. The van der Waals surface area contributed by atoms with Gasteiger partial charge in [-0.05, 0) is 18.4 Å². The van der Waals surface area contributed by atoms with Crippen LogP contribution in [0.15, 0.2) is 42.5 Å². The monoisotopic (exact) mass is 245 g/mol. The van der Waals surface area contributed by atoms with Gasteiger partial charge in [-0.25, -0.2) is 4.79 Å². The van der Waals surface area contributed by atoms with Crippen molar-refractivity contribution in [2.24, 2.45) is 0 Å². The molecule has 4 nitrogen and oxygen atoms in total. The van der Waals surface area contributed by atoms with Crippen LogP contribution in [0.3, 0.4) is 0 Å². The number of carboxylic acid groups (broad SMARTS) is 1. The Morgan fingerprint density at radius 1 is 1.33 bits per heavy atom. The van der Waals surface area contributed by atoms with Crippen molar-refractivity contribution in [1.29, 1.82) is 0 Å². The molecule has 1 aromatic carbocycles. The average molecular weight is 245 g/mol. The molecule has 1 aromatic rings. The van der Waals surface area contributed by atoms with E-state index in [4.69, 9.17) is 0 Å². The first-order valence-electron chi connectivity index (χ1n) is 5.88. The number of benzene rings is 1. The van der Waals surface area contributed by atoms with Gasteiger partial charge < -0.3 is 10.0 Å². The maximum absolute atomic E-state index is 12.0. The highest BCUT2D eigenvalue weighted by Crippen LogP contribution is 2.27. The summed E-state index contributed by atoms with van der Waals surface area (Å²) in [5.41, 5.74) is 1.11. The van der Waals surface area contributed by atoms with Crippen LogP contribution in [0, 0.1) is 0 Å². The second-order valence-electron chi connectivity index (χ2n) is 4.36. The van der Waals surface area contributed by atoms with Gasteiger partial charge in [0.05, 0.1) is 0 Å². The Labute approximate surface area is 106 Å². The van der Waals surface area contributed by atoms with Crippen LogP contribution in [-0.4, -0.2) is 28.4 Å².